The average molecular weight is 361 g/mol. The predicted octanol–water partition coefficient (Wildman–Crippen LogP) is 3.20. The molecule has 1 N–H and O–H groups in total. The van der Waals surface area contributed by atoms with Gasteiger partial charge in [-0.2, -0.15) is 0 Å². The van der Waals surface area contributed by atoms with Crippen molar-refractivity contribution in [2.75, 3.05) is 11.8 Å². The minimum absolute atomic E-state index is 0.120. The molecule has 0 saturated carbocycles. The summed E-state index contributed by atoms with van der Waals surface area (Å²) in [7, 11) is -3.12. The Labute approximate surface area is 135 Å². The van der Waals surface area contributed by atoms with Crippen LogP contribution in [-0.4, -0.2) is 20.5 Å². The van der Waals surface area contributed by atoms with E-state index in [0.717, 1.165) is 30.3 Å². The normalized spacial score (nSPS) is 11.1. The first-order valence-corrected chi connectivity index (χ1v) is 7.91. The van der Waals surface area contributed by atoms with Crippen LogP contribution in [0.5, 0.6) is 5.75 Å². The van der Waals surface area contributed by atoms with Crippen molar-refractivity contribution in [3.8, 4) is 5.75 Å². The maximum absolute atomic E-state index is 13.7. The molecule has 0 bridgehead atoms. The summed E-state index contributed by atoms with van der Waals surface area (Å²) < 4.78 is 45.4. The summed E-state index contributed by atoms with van der Waals surface area (Å²) in [6, 6.07) is 6.38. The second kappa shape index (κ2) is 6.39. The molecule has 0 saturated heterocycles. The lowest BCUT2D eigenvalue weighted by molar-refractivity contribution is -0.385. The molecular weight excluding hydrogens is 351 g/mol. The first-order valence-electron chi connectivity index (χ1n) is 6.05. The highest BCUT2D eigenvalue weighted by atomic mass is 35.5. The molecule has 2 aromatic carbocycles. The number of sulfonamides is 1. The highest BCUT2D eigenvalue weighted by molar-refractivity contribution is 7.92. The summed E-state index contributed by atoms with van der Waals surface area (Å²) in [6.45, 7) is 0. The van der Waals surface area contributed by atoms with Gasteiger partial charge in [-0.1, -0.05) is 11.6 Å². The van der Waals surface area contributed by atoms with E-state index in [0.29, 0.717) is 0 Å². The van der Waals surface area contributed by atoms with Gasteiger partial charge in [-0.05, 0) is 24.3 Å². The number of nitrogens with zero attached hydrogens (tertiary/aromatic N) is 1. The van der Waals surface area contributed by atoms with Gasteiger partial charge in [-0.25, -0.2) is 12.8 Å². The molecule has 0 spiro atoms. The van der Waals surface area contributed by atoms with Crippen LogP contribution in [0.25, 0.3) is 0 Å². The quantitative estimate of drug-likeness (QED) is 0.652. The first-order chi connectivity index (χ1) is 10.7. The highest BCUT2D eigenvalue weighted by Crippen LogP contribution is 2.30. The molecule has 0 amide bonds. The number of benzene rings is 2. The number of hydrogen-bond donors (Lipinski definition) is 1. The Morgan fingerprint density at radius 1 is 1.26 bits per heavy atom. The van der Waals surface area contributed by atoms with Gasteiger partial charge in [0.1, 0.15) is 16.5 Å². The van der Waals surface area contributed by atoms with E-state index in [4.69, 9.17) is 16.3 Å². The van der Waals surface area contributed by atoms with Crippen LogP contribution in [0.15, 0.2) is 41.3 Å². The van der Waals surface area contributed by atoms with E-state index in [9.17, 15) is 22.9 Å². The molecule has 10 heteroatoms. The number of ether oxygens (including phenoxy) is 1. The number of nitro benzene ring substituents is 1. The number of nitrogens with one attached hydrogen (secondary N) is 1. The molecule has 0 aliphatic carbocycles. The van der Waals surface area contributed by atoms with Crippen LogP contribution >= 0.6 is 11.6 Å². The number of anilines is 1. The summed E-state index contributed by atoms with van der Waals surface area (Å²) >= 11 is 5.70. The maximum Gasteiger partial charge on any atom is 0.271 e. The monoisotopic (exact) mass is 360 g/mol. The van der Waals surface area contributed by atoms with E-state index in [2.05, 4.69) is 0 Å². The van der Waals surface area contributed by atoms with Crippen molar-refractivity contribution < 1.29 is 22.5 Å². The molecule has 7 nitrogen and oxygen atoms in total. The van der Waals surface area contributed by atoms with Gasteiger partial charge in [0.25, 0.3) is 15.7 Å². The molecule has 0 atom stereocenters. The Morgan fingerprint density at radius 2 is 1.96 bits per heavy atom. The van der Waals surface area contributed by atoms with Gasteiger partial charge in [0.2, 0.25) is 0 Å². The smallest absolute Gasteiger partial charge is 0.271 e. The Bertz CT molecular complexity index is 873. The van der Waals surface area contributed by atoms with Crippen molar-refractivity contribution in [2.45, 2.75) is 4.90 Å². The van der Waals surface area contributed by atoms with Crippen molar-refractivity contribution >= 4 is 33.0 Å². The zero-order valence-corrected chi connectivity index (χ0v) is 13.2. The molecule has 0 aliphatic heterocycles. The van der Waals surface area contributed by atoms with Gasteiger partial charge >= 0.3 is 0 Å². The van der Waals surface area contributed by atoms with Gasteiger partial charge < -0.3 is 4.74 Å². The molecule has 0 heterocycles. The van der Waals surface area contributed by atoms with Gasteiger partial charge in [0.15, 0.2) is 0 Å². The molecule has 0 aliphatic rings. The third-order valence-electron chi connectivity index (χ3n) is 2.82. The molecule has 122 valence electrons. The number of nitro groups is 1. The van der Waals surface area contributed by atoms with E-state index in [1.807, 2.05) is 4.72 Å². The molecule has 2 rings (SSSR count). The number of non-ortho nitro benzene ring substituents is 1. The number of methoxy groups -OCH3 is 1. The van der Waals surface area contributed by atoms with Gasteiger partial charge in [0.05, 0.1) is 17.7 Å². The van der Waals surface area contributed by atoms with Crippen molar-refractivity contribution in [3.05, 3.63) is 57.4 Å². The summed E-state index contributed by atoms with van der Waals surface area (Å²) in [6.07, 6.45) is 0. The molecule has 0 radical (unpaired) electrons. The first kappa shape index (κ1) is 17.0. The van der Waals surface area contributed by atoms with Crippen molar-refractivity contribution in [1.29, 1.82) is 0 Å². The third-order valence-corrected chi connectivity index (χ3v) is 4.44. The Balaban J connectivity index is 2.52. The topological polar surface area (TPSA) is 98.5 Å². The number of rotatable bonds is 5. The molecule has 0 aromatic heterocycles. The minimum Gasteiger partial charge on any atom is -0.495 e. The number of hydrogen-bond acceptors (Lipinski definition) is 5. The van der Waals surface area contributed by atoms with Crippen LogP contribution in [0.3, 0.4) is 0 Å². The molecule has 23 heavy (non-hydrogen) atoms. The Hall–Kier alpha value is -2.39. The molecular formula is C13H10ClFN2O5S. The van der Waals surface area contributed by atoms with Crippen LogP contribution in [-0.2, 0) is 10.0 Å². The Morgan fingerprint density at radius 3 is 2.57 bits per heavy atom. The summed E-state index contributed by atoms with van der Waals surface area (Å²) in [5, 5.41) is 10.9. The van der Waals surface area contributed by atoms with Crippen LogP contribution in [0.2, 0.25) is 5.02 Å². The van der Waals surface area contributed by atoms with Crippen LogP contribution in [0, 0.1) is 15.9 Å². The van der Waals surface area contributed by atoms with E-state index in [1.165, 1.54) is 13.2 Å². The fourth-order valence-corrected chi connectivity index (χ4v) is 3.18. The van der Waals surface area contributed by atoms with E-state index < -0.39 is 31.3 Å². The van der Waals surface area contributed by atoms with E-state index >= 15 is 0 Å². The SMILES string of the molecule is COc1ccc([N+](=O)[O-])cc1S(=O)(=O)Nc1cc(Cl)ccc1F. The van der Waals surface area contributed by atoms with Gasteiger partial charge in [-0.3, -0.25) is 14.8 Å². The lowest BCUT2D eigenvalue weighted by atomic mass is 10.3. The fraction of sp³-hybridized carbons (Fsp3) is 0.0769. The largest absolute Gasteiger partial charge is 0.495 e. The standard InChI is InChI=1S/C13H10ClFN2O5S/c1-22-12-5-3-9(17(18)19)7-13(12)23(20,21)16-11-6-8(14)2-4-10(11)15/h2-7,16H,1H3. The van der Waals surface area contributed by atoms with Gasteiger partial charge in [0, 0.05) is 17.2 Å². The van der Waals surface area contributed by atoms with Crippen LogP contribution < -0.4 is 9.46 Å². The second-order valence-corrected chi connectivity index (χ2v) is 6.41. The fourth-order valence-electron chi connectivity index (χ4n) is 1.76. The third kappa shape index (κ3) is 3.69. The lowest BCUT2D eigenvalue weighted by Crippen LogP contribution is -2.15. The average Bonchev–Trinajstić information content (AvgIpc) is 2.50. The minimum atomic E-state index is -4.33. The molecule has 2 aromatic rings. The van der Waals surface area contributed by atoms with Crippen molar-refractivity contribution in [1.82, 2.24) is 0 Å². The van der Waals surface area contributed by atoms with Crippen LogP contribution in [0.4, 0.5) is 15.8 Å². The van der Waals surface area contributed by atoms with E-state index in [1.54, 1.807) is 0 Å². The second-order valence-electron chi connectivity index (χ2n) is 4.32. The lowest BCUT2D eigenvalue weighted by Gasteiger charge is -2.12. The zero-order chi connectivity index (χ0) is 17.2. The molecule has 0 fully saturated rings. The summed E-state index contributed by atoms with van der Waals surface area (Å²) in [4.78, 5) is 9.57. The van der Waals surface area contributed by atoms with Crippen molar-refractivity contribution in [3.63, 3.8) is 0 Å². The summed E-state index contributed by atoms with van der Waals surface area (Å²) in [5.74, 6) is -0.965. The summed E-state index contributed by atoms with van der Waals surface area (Å²) in [5.41, 5.74) is -0.830. The molecule has 0 unspecified atom stereocenters. The van der Waals surface area contributed by atoms with Crippen molar-refractivity contribution in [2.24, 2.45) is 0 Å². The maximum atomic E-state index is 13.7. The van der Waals surface area contributed by atoms with Crippen LogP contribution in [0.1, 0.15) is 0 Å². The predicted molar refractivity (Wildman–Crippen MR) is 81.9 cm³/mol. The zero-order valence-electron chi connectivity index (χ0n) is 11.6. The van der Waals surface area contributed by atoms with Gasteiger partial charge in [-0.15, -0.1) is 0 Å². The number of halogens is 2. The van der Waals surface area contributed by atoms with E-state index in [-0.39, 0.29) is 16.5 Å². The Kier molecular flexibility index (Phi) is 4.71. The highest BCUT2D eigenvalue weighted by Gasteiger charge is 2.24.